The lowest BCUT2D eigenvalue weighted by molar-refractivity contribution is 0.154. The van der Waals surface area contributed by atoms with Crippen molar-refractivity contribution in [3.63, 3.8) is 0 Å². The maximum Gasteiger partial charge on any atom is 0.103 e. The van der Waals surface area contributed by atoms with Crippen molar-refractivity contribution in [3.8, 4) is 11.1 Å². The van der Waals surface area contributed by atoms with E-state index in [1.165, 1.54) is 37.9 Å². The van der Waals surface area contributed by atoms with Crippen molar-refractivity contribution in [3.05, 3.63) is 181 Å². The van der Waals surface area contributed by atoms with Gasteiger partial charge in [0.15, 0.2) is 0 Å². The number of nitrogens with zero attached hydrogens (tertiary/aromatic N) is 1. The first kappa shape index (κ1) is 35.1. The van der Waals surface area contributed by atoms with E-state index >= 15 is 0 Å². The number of hydrogen-bond acceptors (Lipinski definition) is 2. The number of likely N-dealkylation sites (N-methyl/N-ethyl adjacent to an activating group) is 1. The quantitative estimate of drug-likeness (QED) is 0.106. The zero-order valence-electron chi connectivity index (χ0n) is 26.3. The van der Waals surface area contributed by atoms with Gasteiger partial charge in [0.05, 0.1) is 8.15 Å². The van der Waals surface area contributed by atoms with Crippen LogP contribution in [0, 0.1) is 0 Å². The fourth-order valence-corrected chi connectivity index (χ4v) is 10.1. The molecule has 6 radical (unpaired) electrons. The molecule has 0 saturated heterocycles. The van der Waals surface area contributed by atoms with Gasteiger partial charge in [-0.15, -0.1) is 0 Å². The van der Waals surface area contributed by atoms with Crippen molar-refractivity contribution in [2.45, 2.75) is 19.1 Å². The van der Waals surface area contributed by atoms with Crippen molar-refractivity contribution in [2.24, 2.45) is 0 Å². The van der Waals surface area contributed by atoms with Crippen molar-refractivity contribution >= 4 is 54.3 Å². The highest BCUT2D eigenvalue weighted by molar-refractivity contribution is 7.71. The van der Waals surface area contributed by atoms with Crippen LogP contribution in [0.15, 0.2) is 176 Å². The molecule has 0 N–H and O–H groups in total. The van der Waals surface area contributed by atoms with Crippen LogP contribution in [0.1, 0.15) is 18.6 Å². The standard InChI is InChI=1S/C40H37NOP2.2B/c1-32(40(34-22-10-4-11-23-34)42-44(36-26-14-6-15-27-36)37-28-16-7-17-29-37)41(2)43(35-24-12-5-13-25-35)39-31-19-18-30-38(39)33-20-8-3-9-21-33;;/h3-32,40H,1-2H3;;/t32-,40-,43+;;/m1../s1. The highest BCUT2D eigenvalue weighted by Crippen LogP contribution is 2.48. The van der Waals surface area contributed by atoms with E-state index in [2.05, 4.69) is 195 Å². The molecule has 0 spiro atoms. The molecule has 0 unspecified atom stereocenters. The Morgan fingerprint density at radius 1 is 0.500 bits per heavy atom. The van der Waals surface area contributed by atoms with E-state index in [1.54, 1.807) is 0 Å². The van der Waals surface area contributed by atoms with Crippen molar-refractivity contribution in [1.82, 2.24) is 4.67 Å². The second kappa shape index (κ2) is 17.2. The number of rotatable bonds is 11. The lowest BCUT2D eigenvalue weighted by Crippen LogP contribution is -2.37. The third-order valence-corrected chi connectivity index (χ3v) is 12.5. The second-order valence-corrected chi connectivity index (χ2v) is 14.8. The highest BCUT2D eigenvalue weighted by Gasteiger charge is 2.33. The number of benzene rings is 6. The van der Waals surface area contributed by atoms with Gasteiger partial charge < -0.3 is 4.52 Å². The fourth-order valence-electron chi connectivity index (χ4n) is 5.54. The van der Waals surface area contributed by atoms with E-state index in [9.17, 15) is 0 Å². The third kappa shape index (κ3) is 8.14. The largest absolute Gasteiger partial charge is 0.340 e. The van der Waals surface area contributed by atoms with Crippen LogP contribution < -0.4 is 21.2 Å². The minimum Gasteiger partial charge on any atom is -0.340 e. The second-order valence-electron chi connectivity index (χ2n) is 10.7. The van der Waals surface area contributed by atoms with Gasteiger partial charge in [0.1, 0.15) is 6.10 Å². The van der Waals surface area contributed by atoms with E-state index in [-0.39, 0.29) is 29.0 Å². The minimum atomic E-state index is -1.06. The van der Waals surface area contributed by atoms with E-state index in [1.807, 2.05) is 0 Å². The summed E-state index contributed by atoms with van der Waals surface area (Å²) in [7, 11) is 0.323. The molecular weight excluding hydrogens is 594 g/mol. The Balaban J connectivity index is 0.00000240. The van der Waals surface area contributed by atoms with Crippen LogP contribution in [0.2, 0.25) is 0 Å². The molecule has 0 saturated carbocycles. The molecule has 0 aliphatic rings. The molecule has 6 aromatic rings. The maximum absolute atomic E-state index is 7.36. The Bertz CT molecular complexity index is 1690. The zero-order chi connectivity index (χ0) is 30.1. The predicted molar refractivity (Wildman–Crippen MR) is 203 cm³/mol. The van der Waals surface area contributed by atoms with Gasteiger partial charge >= 0.3 is 0 Å². The van der Waals surface area contributed by atoms with Crippen molar-refractivity contribution in [2.75, 3.05) is 7.05 Å². The first-order valence-electron chi connectivity index (χ1n) is 15.0. The normalized spacial score (nSPS) is 12.9. The molecule has 46 heavy (non-hydrogen) atoms. The average molecular weight is 631 g/mol. The van der Waals surface area contributed by atoms with Crippen LogP contribution in [-0.2, 0) is 4.52 Å². The maximum atomic E-state index is 7.36. The summed E-state index contributed by atoms with van der Waals surface area (Å²) in [5.74, 6) is 0. The summed E-state index contributed by atoms with van der Waals surface area (Å²) in [6, 6.07) is 62.8. The number of hydrogen-bond donors (Lipinski definition) is 0. The van der Waals surface area contributed by atoms with Crippen molar-refractivity contribution in [1.29, 1.82) is 0 Å². The first-order valence-corrected chi connectivity index (χ1v) is 17.6. The zero-order valence-corrected chi connectivity index (χ0v) is 28.1. The summed E-state index contributed by atoms with van der Waals surface area (Å²) in [6.45, 7) is 2.32. The SMILES string of the molecule is C[C@H]([C@@H](OP(c1ccccc1)c1ccccc1)c1ccccc1)N(C)[P@@](c1ccccc1)c1ccccc1-c1ccccc1.[B].[B]. The Morgan fingerprint density at radius 2 is 0.913 bits per heavy atom. The lowest BCUT2D eigenvalue weighted by Gasteiger charge is -2.39. The Hall–Kier alpha value is -3.77. The molecule has 0 fully saturated rings. The molecule has 0 bridgehead atoms. The van der Waals surface area contributed by atoms with Crippen LogP contribution in [0.4, 0.5) is 0 Å². The van der Waals surface area contributed by atoms with Crippen LogP contribution in [-0.4, -0.2) is 34.6 Å². The van der Waals surface area contributed by atoms with Gasteiger partial charge in [-0.05, 0) is 36.0 Å². The molecule has 0 aromatic heterocycles. The lowest BCUT2D eigenvalue weighted by atomic mass is 10.0. The summed E-state index contributed by atoms with van der Waals surface area (Å²) >= 11 is 0. The summed E-state index contributed by atoms with van der Waals surface area (Å²) in [5.41, 5.74) is 3.70. The van der Waals surface area contributed by atoms with E-state index in [4.69, 9.17) is 4.52 Å². The van der Waals surface area contributed by atoms with Gasteiger partial charge in [-0.25, -0.2) is 0 Å². The molecule has 2 nitrogen and oxygen atoms in total. The summed E-state index contributed by atoms with van der Waals surface area (Å²) in [5, 5.41) is 5.09. The van der Waals surface area contributed by atoms with Gasteiger partial charge in [-0.2, -0.15) is 0 Å². The van der Waals surface area contributed by atoms with Crippen LogP contribution in [0.3, 0.4) is 0 Å². The molecule has 3 atom stereocenters. The average Bonchev–Trinajstić information content (AvgIpc) is 3.11. The predicted octanol–water partition coefficient (Wildman–Crippen LogP) is 8.07. The Labute approximate surface area is 281 Å². The summed E-state index contributed by atoms with van der Waals surface area (Å²) < 4.78 is 9.93. The molecule has 0 aliphatic carbocycles. The molecule has 0 amide bonds. The van der Waals surface area contributed by atoms with E-state index in [0.717, 1.165) is 0 Å². The fraction of sp³-hybridized carbons (Fsp3) is 0.100. The van der Waals surface area contributed by atoms with Gasteiger partial charge in [-0.3, -0.25) is 4.67 Å². The molecule has 0 heterocycles. The minimum absolute atomic E-state index is 0. The molecule has 224 valence electrons. The molecule has 0 aliphatic heterocycles. The van der Waals surface area contributed by atoms with Gasteiger partial charge in [0, 0.05) is 46.9 Å². The highest BCUT2D eigenvalue weighted by atomic mass is 31.1. The Kier molecular flexibility index (Phi) is 13.1. The third-order valence-electron chi connectivity index (χ3n) is 7.89. The van der Waals surface area contributed by atoms with Crippen LogP contribution >= 0.6 is 16.2 Å². The van der Waals surface area contributed by atoms with Gasteiger partial charge in [0.2, 0.25) is 0 Å². The monoisotopic (exact) mass is 631 g/mol. The molecule has 6 rings (SSSR count). The molecule has 6 heteroatoms. The van der Waals surface area contributed by atoms with Crippen LogP contribution in [0.25, 0.3) is 11.1 Å². The topological polar surface area (TPSA) is 12.5 Å². The summed E-state index contributed by atoms with van der Waals surface area (Å²) in [4.78, 5) is 0. The van der Waals surface area contributed by atoms with Gasteiger partial charge in [-0.1, -0.05) is 176 Å². The van der Waals surface area contributed by atoms with Crippen molar-refractivity contribution < 1.29 is 4.52 Å². The molecule has 6 aromatic carbocycles. The van der Waals surface area contributed by atoms with Crippen LogP contribution in [0.5, 0.6) is 0 Å². The van der Waals surface area contributed by atoms with E-state index < -0.39 is 16.2 Å². The van der Waals surface area contributed by atoms with E-state index in [0.29, 0.717) is 0 Å². The smallest absolute Gasteiger partial charge is 0.103 e. The van der Waals surface area contributed by atoms with Gasteiger partial charge in [0.25, 0.3) is 0 Å². The summed E-state index contributed by atoms with van der Waals surface area (Å²) in [6.07, 6.45) is -0.162. The Morgan fingerprint density at radius 3 is 1.43 bits per heavy atom. The first-order chi connectivity index (χ1) is 21.7. The molecular formula is C40H37B2NOP2.